The van der Waals surface area contributed by atoms with Crippen LogP contribution >= 0.6 is 0 Å². The lowest BCUT2D eigenvalue weighted by Gasteiger charge is -2.35. The van der Waals surface area contributed by atoms with Gasteiger partial charge in [0.1, 0.15) is 0 Å². The summed E-state index contributed by atoms with van der Waals surface area (Å²) in [7, 11) is 1.72. The zero-order valence-corrected chi connectivity index (χ0v) is 12.4. The molecule has 0 aliphatic heterocycles. The Morgan fingerprint density at radius 1 is 1.39 bits per heavy atom. The van der Waals surface area contributed by atoms with Crippen molar-refractivity contribution < 1.29 is 9.90 Å². The van der Waals surface area contributed by atoms with E-state index in [4.69, 9.17) is 0 Å². The fourth-order valence-corrected chi connectivity index (χ4v) is 2.48. The van der Waals surface area contributed by atoms with Gasteiger partial charge in [-0.1, -0.05) is 13.8 Å². The third kappa shape index (κ3) is 5.25. The van der Waals surface area contributed by atoms with Gasteiger partial charge in [0, 0.05) is 13.1 Å². The first-order chi connectivity index (χ1) is 8.09. The average molecular weight is 256 g/mol. The predicted octanol–water partition coefficient (Wildman–Crippen LogP) is 2.37. The molecule has 1 aliphatic rings. The first kappa shape index (κ1) is 15.3. The topological polar surface area (TPSA) is 52.6 Å². The van der Waals surface area contributed by atoms with Gasteiger partial charge in [0.05, 0.1) is 12.1 Å². The molecule has 0 atom stereocenters. The molecule has 2 N–H and O–H groups in total. The van der Waals surface area contributed by atoms with Crippen LogP contribution in [-0.4, -0.2) is 41.3 Å². The van der Waals surface area contributed by atoms with Crippen molar-refractivity contribution in [3.05, 3.63) is 0 Å². The van der Waals surface area contributed by atoms with Crippen molar-refractivity contribution in [3.8, 4) is 0 Å². The minimum Gasteiger partial charge on any atom is -0.389 e. The molecule has 0 unspecified atom stereocenters. The van der Waals surface area contributed by atoms with Gasteiger partial charge >= 0.3 is 6.03 Å². The largest absolute Gasteiger partial charge is 0.389 e. The van der Waals surface area contributed by atoms with Crippen LogP contribution in [0.3, 0.4) is 0 Å². The number of nitrogens with one attached hydrogen (secondary N) is 1. The zero-order valence-electron chi connectivity index (χ0n) is 12.4. The van der Waals surface area contributed by atoms with Crippen LogP contribution in [0.25, 0.3) is 0 Å². The second-order valence-corrected chi connectivity index (χ2v) is 7.06. The van der Waals surface area contributed by atoms with Crippen LogP contribution in [0.15, 0.2) is 0 Å². The van der Waals surface area contributed by atoms with Crippen molar-refractivity contribution in [2.45, 2.75) is 65.0 Å². The van der Waals surface area contributed by atoms with Crippen molar-refractivity contribution in [3.63, 3.8) is 0 Å². The van der Waals surface area contributed by atoms with Gasteiger partial charge in [0.2, 0.25) is 0 Å². The molecule has 0 bridgehead atoms. The molecule has 0 radical (unpaired) electrons. The van der Waals surface area contributed by atoms with E-state index in [9.17, 15) is 9.90 Å². The number of rotatable bonds is 3. The van der Waals surface area contributed by atoms with Gasteiger partial charge in [-0.25, -0.2) is 4.79 Å². The van der Waals surface area contributed by atoms with Crippen LogP contribution in [0.1, 0.15) is 53.4 Å². The van der Waals surface area contributed by atoms with Crippen LogP contribution in [0, 0.1) is 5.41 Å². The lowest BCUT2D eigenvalue weighted by molar-refractivity contribution is 0.0522. The SMILES string of the molecule is CN(CC(C)(C)O)C(=O)NC1CCC(C)(C)CC1. The maximum Gasteiger partial charge on any atom is 0.317 e. The lowest BCUT2D eigenvalue weighted by Crippen LogP contribution is -2.48. The van der Waals surface area contributed by atoms with Crippen molar-refractivity contribution in [1.29, 1.82) is 0 Å². The monoisotopic (exact) mass is 256 g/mol. The normalized spacial score (nSPS) is 20.6. The maximum absolute atomic E-state index is 12.0. The van der Waals surface area contributed by atoms with Crippen LogP contribution < -0.4 is 5.32 Å². The molecule has 4 nitrogen and oxygen atoms in total. The molecule has 4 heteroatoms. The number of likely N-dealkylation sites (N-methyl/N-ethyl adjacent to an activating group) is 1. The van der Waals surface area contributed by atoms with E-state index >= 15 is 0 Å². The summed E-state index contributed by atoms with van der Waals surface area (Å²) in [4.78, 5) is 13.5. The Morgan fingerprint density at radius 3 is 2.33 bits per heavy atom. The highest BCUT2D eigenvalue weighted by atomic mass is 16.3. The Bertz CT molecular complexity index is 285. The van der Waals surface area contributed by atoms with Crippen LogP contribution in [-0.2, 0) is 0 Å². The Balaban J connectivity index is 2.37. The minimum atomic E-state index is -0.847. The van der Waals surface area contributed by atoms with Gasteiger partial charge in [0.15, 0.2) is 0 Å². The molecule has 106 valence electrons. The number of carbonyl (C=O) groups excluding carboxylic acids is 1. The fourth-order valence-electron chi connectivity index (χ4n) is 2.48. The van der Waals surface area contributed by atoms with Crippen molar-refractivity contribution in [1.82, 2.24) is 10.2 Å². The highest BCUT2D eigenvalue weighted by Crippen LogP contribution is 2.34. The van der Waals surface area contributed by atoms with E-state index in [1.807, 2.05) is 0 Å². The molecule has 0 heterocycles. The molecular weight excluding hydrogens is 228 g/mol. The van der Waals surface area contributed by atoms with Crippen LogP contribution in [0.2, 0.25) is 0 Å². The first-order valence-corrected chi connectivity index (χ1v) is 6.83. The van der Waals surface area contributed by atoms with Crippen molar-refractivity contribution in [2.24, 2.45) is 5.41 Å². The zero-order chi connectivity index (χ0) is 14.0. The third-order valence-corrected chi connectivity index (χ3v) is 3.64. The van der Waals surface area contributed by atoms with E-state index in [-0.39, 0.29) is 12.1 Å². The molecule has 1 fully saturated rings. The van der Waals surface area contributed by atoms with Gasteiger partial charge in [-0.15, -0.1) is 0 Å². The molecule has 0 spiro atoms. The average Bonchev–Trinajstić information content (AvgIpc) is 2.18. The second kappa shape index (κ2) is 5.47. The number of nitrogens with zero attached hydrogens (tertiary/aromatic N) is 1. The molecule has 0 aromatic rings. The molecular formula is C14H28N2O2. The quantitative estimate of drug-likeness (QED) is 0.814. The van der Waals surface area contributed by atoms with E-state index < -0.39 is 5.60 Å². The standard InChI is InChI=1S/C14H28N2O2/c1-13(2)8-6-11(7-9-13)15-12(17)16(5)10-14(3,4)18/h11,18H,6-10H2,1-5H3,(H,15,17). The summed E-state index contributed by atoms with van der Waals surface area (Å²) in [5.74, 6) is 0. The summed E-state index contributed by atoms with van der Waals surface area (Å²) < 4.78 is 0. The molecule has 0 aromatic carbocycles. The summed E-state index contributed by atoms with van der Waals surface area (Å²) in [6, 6.07) is 0.205. The summed E-state index contributed by atoms with van der Waals surface area (Å²) in [6.07, 6.45) is 4.42. The summed E-state index contributed by atoms with van der Waals surface area (Å²) >= 11 is 0. The third-order valence-electron chi connectivity index (χ3n) is 3.64. The van der Waals surface area contributed by atoms with E-state index in [0.29, 0.717) is 12.0 Å². The Morgan fingerprint density at radius 2 is 1.89 bits per heavy atom. The maximum atomic E-state index is 12.0. The van der Waals surface area contributed by atoms with Gasteiger partial charge < -0.3 is 15.3 Å². The highest BCUT2D eigenvalue weighted by Gasteiger charge is 2.28. The van der Waals surface area contributed by atoms with Crippen LogP contribution in [0.4, 0.5) is 4.79 Å². The number of urea groups is 1. The van der Waals surface area contributed by atoms with Gasteiger partial charge in [0.25, 0.3) is 0 Å². The van der Waals surface area contributed by atoms with Gasteiger partial charge in [-0.05, 0) is 44.9 Å². The molecule has 0 saturated heterocycles. The molecule has 1 saturated carbocycles. The number of aliphatic hydroxyl groups is 1. The van der Waals surface area contributed by atoms with Crippen molar-refractivity contribution >= 4 is 6.03 Å². The Labute approximate surface area is 111 Å². The Hall–Kier alpha value is -0.770. The molecule has 0 aromatic heterocycles. The van der Waals surface area contributed by atoms with Gasteiger partial charge in [-0.3, -0.25) is 0 Å². The van der Waals surface area contributed by atoms with Crippen molar-refractivity contribution in [2.75, 3.05) is 13.6 Å². The molecule has 1 aliphatic carbocycles. The second-order valence-electron chi connectivity index (χ2n) is 7.06. The minimum absolute atomic E-state index is 0.0816. The molecule has 18 heavy (non-hydrogen) atoms. The smallest absolute Gasteiger partial charge is 0.317 e. The van der Waals surface area contributed by atoms with E-state index in [1.165, 1.54) is 0 Å². The number of carbonyl (C=O) groups is 1. The van der Waals surface area contributed by atoms with E-state index in [1.54, 1.807) is 25.8 Å². The highest BCUT2D eigenvalue weighted by molar-refractivity contribution is 5.74. The van der Waals surface area contributed by atoms with E-state index in [2.05, 4.69) is 19.2 Å². The summed E-state index contributed by atoms with van der Waals surface area (Å²) in [6.45, 7) is 8.33. The predicted molar refractivity (Wildman–Crippen MR) is 73.5 cm³/mol. The van der Waals surface area contributed by atoms with Gasteiger partial charge in [-0.2, -0.15) is 0 Å². The molecule has 1 rings (SSSR count). The Kier molecular flexibility index (Phi) is 4.65. The lowest BCUT2D eigenvalue weighted by atomic mass is 9.75. The fraction of sp³-hybridized carbons (Fsp3) is 0.929. The van der Waals surface area contributed by atoms with Crippen LogP contribution in [0.5, 0.6) is 0 Å². The summed E-state index contributed by atoms with van der Waals surface area (Å²) in [5.41, 5.74) is -0.430. The first-order valence-electron chi connectivity index (χ1n) is 6.83. The molecule has 2 amide bonds. The summed E-state index contributed by atoms with van der Waals surface area (Å²) in [5, 5.41) is 12.7. The number of hydrogen-bond donors (Lipinski definition) is 2. The number of amides is 2. The number of hydrogen-bond acceptors (Lipinski definition) is 2. The van der Waals surface area contributed by atoms with E-state index in [0.717, 1.165) is 25.7 Å².